The molecule has 346 valence electrons. The van der Waals surface area contributed by atoms with Gasteiger partial charge < -0.3 is 35.2 Å². The summed E-state index contributed by atoms with van der Waals surface area (Å²) < 4.78 is 11.5. The molecule has 0 aliphatic carbocycles. The van der Waals surface area contributed by atoms with Crippen LogP contribution in [0.3, 0.4) is 0 Å². The minimum absolute atomic E-state index is 0.0132. The number of nitrogens with one attached hydrogen (secondary N) is 1. The van der Waals surface area contributed by atoms with E-state index in [9.17, 15) is 25.2 Å². The van der Waals surface area contributed by atoms with E-state index in [0.717, 1.165) is 38.5 Å². The van der Waals surface area contributed by atoms with Crippen LogP contribution in [0.15, 0.2) is 0 Å². The van der Waals surface area contributed by atoms with Crippen LogP contribution in [-0.2, 0) is 14.3 Å². The second-order valence-electron chi connectivity index (χ2n) is 18.2. The molecular weight excluding hydrogens is 727 g/mol. The summed E-state index contributed by atoms with van der Waals surface area (Å²) in [6, 6.07) is -0.621. The average molecular weight is 826 g/mol. The first-order chi connectivity index (χ1) is 28.4. The Morgan fingerprint density at radius 3 is 1.26 bits per heavy atom. The Morgan fingerprint density at radius 1 is 0.552 bits per heavy atom. The van der Waals surface area contributed by atoms with Crippen LogP contribution in [0.2, 0.25) is 0 Å². The monoisotopic (exact) mass is 826 g/mol. The maximum absolute atomic E-state index is 13.0. The number of unbranched alkanes of at least 4 members (excludes halogenated alkanes) is 34. The van der Waals surface area contributed by atoms with E-state index >= 15 is 0 Å². The number of aliphatic hydroxyl groups is 4. The summed E-state index contributed by atoms with van der Waals surface area (Å²) in [5, 5.41) is 44.2. The predicted octanol–water partition coefficient (Wildman–Crippen LogP) is 12.5. The van der Waals surface area contributed by atoms with Crippen molar-refractivity contribution < 1.29 is 34.7 Å². The summed E-state index contributed by atoms with van der Waals surface area (Å²) >= 11 is 0. The molecule has 8 nitrogen and oxygen atoms in total. The van der Waals surface area contributed by atoms with Gasteiger partial charge in [-0.2, -0.15) is 0 Å². The van der Waals surface area contributed by atoms with Gasteiger partial charge in [0, 0.05) is 12.8 Å². The maximum Gasteiger partial charge on any atom is 0.220 e. The SMILES string of the molecule is CCCCCCCCCCCCCCCCCCCCCCCCCC(=O)N[C@@H](CO[C@H]1OC(CO)[C@H](O)CC1O)[C@H](O)CCCCCCCCCCCCCCC. The highest BCUT2D eigenvalue weighted by atomic mass is 16.7. The third-order valence-electron chi connectivity index (χ3n) is 12.6. The van der Waals surface area contributed by atoms with Gasteiger partial charge in [0.15, 0.2) is 6.29 Å². The van der Waals surface area contributed by atoms with Crippen LogP contribution < -0.4 is 5.32 Å². The van der Waals surface area contributed by atoms with Crippen LogP contribution in [0.4, 0.5) is 0 Å². The summed E-state index contributed by atoms with van der Waals surface area (Å²) in [7, 11) is 0. The molecule has 2 unspecified atom stereocenters. The van der Waals surface area contributed by atoms with Crippen LogP contribution in [0.25, 0.3) is 0 Å². The number of amides is 1. The quantitative estimate of drug-likeness (QED) is 0.0387. The topological polar surface area (TPSA) is 128 Å². The summed E-state index contributed by atoms with van der Waals surface area (Å²) in [4.78, 5) is 13.0. The van der Waals surface area contributed by atoms with Gasteiger partial charge in [0.05, 0.1) is 31.5 Å². The van der Waals surface area contributed by atoms with Crippen molar-refractivity contribution in [2.75, 3.05) is 13.2 Å². The Bertz CT molecular complexity index is 862. The standard InChI is InChI=1S/C50H99NO7/c1-3-5-7-9-11-13-15-17-18-19-20-21-22-23-24-25-26-28-30-32-34-36-38-40-49(56)51-44(43-57-50-47(55)41-46(54)48(42-52)58-50)45(53)39-37-35-33-31-29-27-16-14-12-10-8-6-4-2/h44-48,50,52-55H,3-43H2,1-2H3,(H,51,56)/t44-,45+,46+,47?,48?,50-/m0/s1. The van der Waals surface area contributed by atoms with E-state index in [1.807, 2.05) is 0 Å². The molecule has 5 N–H and O–H groups in total. The highest BCUT2D eigenvalue weighted by Crippen LogP contribution is 2.23. The molecule has 0 aromatic heterocycles. The van der Waals surface area contributed by atoms with Crippen molar-refractivity contribution >= 4 is 5.91 Å². The molecule has 58 heavy (non-hydrogen) atoms. The van der Waals surface area contributed by atoms with Crippen LogP contribution in [0.5, 0.6) is 0 Å². The van der Waals surface area contributed by atoms with Crippen molar-refractivity contribution in [1.29, 1.82) is 0 Å². The molecule has 1 heterocycles. The molecule has 1 rings (SSSR count). The zero-order valence-corrected chi connectivity index (χ0v) is 38.5. The largest absolute Gasteiger partial charge is 0.394 e. The average Bonchev–Trinajstić information content (AvgIpc) is 3.21. The molecule has 0 aromatic carbocycles. The van der Waals surface area contributed by atoms with E-state index in [1.54, 1.807) is 0 Å². The van der Waals surface area contributed by atoms with Gasteiger partial charge in [-0.05, 0) is 12.8 Å². The lowest BCUT2D eigenvalue weighted by molar-refractivity contribution is -0.272. The summed E-state index contributed by atoms with van der Waals surface area (Å²) in [6.07, 6.45) is 43.6. The molecule has 0 saturated carbocycles. The number of hydrogen-bond donors (Lipinski definition) is 5. The highest BCUT2D eigenvalue weighted by Gasteiger charge is 2.37. The number of rotatable bonds is 44. The smallest absolute Gasteiger partial charge is 0.220 e. The van der Waals surface area contributed by atoms with Crippen molar-refractivity contribution in [3.63, 3.8) is 0 Å². The molecule has 0 radical (unpaired) electrons. The fourth-order valence-electron chi connectivity index (χ4n) is 8.55. The van der Waals surface area contributed by atoms with E-state index < -0.39 is 36.7 Å². The molecular formula is C50H99NO7. The number of hydrogen-bond acceptors (Lipinski definition) is 7. The molecule has 1 aliphatic heterocycles. The molecule has 1 saturated heterocycles. The van der Waals surface area contributed by atoms with Crippen LogP contribution in [-0.4, -0.2) is 76.3 Å². The Labute approximate surface area is 359 Å². The van der Waals surface area contributed by atoms with E-state index in [-0.39, 0.29) is 25.5 Å². The normalized spacial score (nSPS) is 19.4. The molecule has 1 fully saturated rings. The Kier molecular flexibility index (Phi) is 39.6. The number of aliphatic hydroxyl groups excluding tert-OH is 4. The van der Waals surface area contributed by atoms with Gasteiger partial charge in [-0.15, -0.1) is 0 Å². The Balaban J connectivity index is 2.17. The minimum atomic E-state index is -1.05. The maximum atomic E-state index is 13.0. The van der Waals surface area contributed by atoms with Gasteiger partial charge in [-0.1, -0.05) is 239 Å². The van der Waals surface area contributed by atoms with E-state index in [1.165, 1.54) is 193 Å². The lowest BCUT2D eigenvalue weighted by Gasteiger charge is -2.37. The van der Waals surface area contributed by atoms with Crippen molar-refractivity contribution in [1.82, 2.24) is 5.32 Å². The van der Waals surface area contributed by atoms with E-state index in [0.29, 0.717) is 12.8 Å². The molecule has 8 heteroatoms. The number of carbonyl (C=O) groups excluding carboxylic acids is 1. The van der Waals surface area contributed by atoms with Gasteiger partial charge >= 0.3 is 0 Å². The Hall–Kier alpha value is -0.770. The van der Waals surface area contributed by atoms with Gasteiger partial charge in [-0.3, -0.25) is 4.79 Å². The van der Waals surface area contributed by atoms with Gasteiger partial charge in [0.25, 0.3) is 0 Å². The molecule has 1 amide bonds. The first kappa shape index (κ1) is 55.2. The van der Waals surface area contributed by atoms with Crippen molar-refractivity contribution in [2.24, 2.45) is 0 Å². The van der Waals surface area contributed by atoms with Crippen LogP contribution in [0, 0.1) is 0 Å². The zero-order chi connectivity index (χ0) is 42.2. The van der Waals surface area contributed by atoms with Gasteiger partial charge in [-0.25, -0.2) is 0 Å². The number of carbonyl (C=O) groups is 1. The third-order valence-corrected chi connectivity index (χ3v) is 12.6. The van der Waals surface area contributed by atoms with Crippen LogP contribution >= 0.6 is 0 Å². The molecule has 0 bridgehead atoms. The van der Waals surface area contributed by atoms with E-state index in [2.05, 4.69) is 19.2 Å². The molecule has 0 spiro atoms. The predicted molar refractivity (Wildman–Crippen MR) is 243 cm³/mol. The second kappa shape index (κ2) is 41.6. The number of ether oxygens (including phenoxy) is 2. The second-order valence-corrected chi connectivity index (χ2v) is 18.2. The summed E-state index contributed by atoms with van der Waals surface area (Å²) in [6.45, 7) is 4.16. The summed E-state index contributed by atoms with van der Waals surface area (Å²) in [5.74, 6) is -0.0877. The van der Waals surface area contributed by atoms with Gasteiger partial charge in [0.2, 0.25) is 5.91 Å². The fourth-order valence-corrected chi connectivity index (χ4v) is 8.55. The first-order valence-electron chi connectivity index (χ1n) is 25.6. The highest BCUT2D eigenvalue weighted by molar-refractivity contribution is 5.76. The zero-order valence-electron chi connectivity index (χ0n) is 38.5. The van der Waals surface area contributed by atoms with Crippen molar-refractivity contribution in [3.8, 4) is 0 Å². The van der Waals surface area contributed by atoms with E-state index in [4.69, 9.17) is 9.47 Å². The molecule has 6 atom stereocenters. The van der Waals surface area contributed by atoms with Gasteiger partial charge in [0.1, 0.15) is 12.2 Å². The Morgan fingerprint density at radius 2 is 0.897 bits per heavy atom. The lowest BCUT2D eigenvalue weighted by atomic mass is 10.0. The van der Waals surface area contributed by atoms with Crippen molar-refractivity contribution in [3.05, 3.63) is 0 Å². The fraction of sp³-hybridized carbons (Fsp3) is 0.980. The lowest BCUT2D eigenvalue weighted by Crippen LogP contribution is -2.52. The first-order valence-corrected chi connectivity index (χ1v) is 25.6. The summed E-state index contributed by atoms with van der Waals surface area (Å²) in [5.41, 5.74) is 0. The third kappa shape index (κ3) is 32.9. The molecule has 1 aliphatic rings. The van der Waals surface area contributed by atoms with Crippen LogP contribution in [0.1, 0.15) is 264 Å². The van der Waals surface area contributed by atoms with Crippen molar-refractivity contribution in [2.45, 2.75) is 301 Å². The molecule has 0 aromatic rings. The minimum Gasteiger partial charge on any atom is -0.394 e.